The number of nitrogens with one attached hydrogen (secondary N) is 1. The van der Waals surface area contributed by atoms with Crippen molar-refractivity contribution in [3.05, 3.63) is 59.1 Å². The van der Waals surface area contributed by atoms with Crippen LogP contribution in [0.3, 0.4) is 0 Å². The first kappa shape index (κ1) is 35.1. The number of unbranched alkanes of at least 4 members (excludes halogenated alkanes) is 2. The molecule has 2 atom stereocenters. The third-order valence-corrected chi connectivity index (χ3v) is 11.1. The van der Waals surface area contributed by atoms with Gasteiger partial charge in [-0.1, -0.05) is 49.2 Å². The Balaban J connectivity index is 1.55. The van der Waals surface area contributed by atoms with Gasteiger partial charge in [0.2, 0.25) is 5.79 Å². The normalized spacial score (nSPS) is 16.8. The average Bonchev–Trinajstić information content (AvgIpc) is 3.71. The summed E-state index contributed by atoms with van der Waals surface area (Å²) in [4.78, 5) is 4.79. The third-order valence-electron chi connectivity index (χ3n) is 7.49. The van der Waals surface area contributed by atoms with E-state index in [0.717, 1.165) is 30.9 Å². The second kappa shape index (κ2) is 15.2. The monoisotopic (exact) mass is 668 g/mol. The van der Waals surface area contributed by atoms with E-state index in [1.165, 1.54) is 18.4 Å². The minimum absolute atomic E-state index is 0.224. The van der Waals surface area contributed by atoms with E-state index in [0.29, 0.717) is 55.0 Å². The molecule has 13 heteroatoms. The van der Waals surface area contributed by atoms with Crippen molar-refractivity contribution in [1.29, 1.82) is 0 Å². The summed E-state index contributed by atoms with van der Waals surface area (Å²) in [7, 11) is -1.31. The summed E-state index contributed by atoms with van der Waals surface area (Å²) in [6.45, 7) is 14.6. The summed E-state index contributed by atoms with van der Waals surface area (Å²) in [6.07, 6.45) is 5.35. The molecular weight excluding hydrogens is 623 g/mol. The Morgan fingerprint density at radius 1 is 1.14 bits per heavy atom. The van der Waals surface area contributed by atoms with Crippen molar-refractivity contribution >= 4 is 31.0 Å². The van der Waals surface area contributed by atoms with Crippen LogP contribution in [0.4, 0.5) is 4.39 Å². The summed E-state index contributed by atoms with van der Waals surface area (Å²) in [5.41, 5.74) is 2.02. The van der Waals surface area contributed by atoms with Gasteiger partial charge in [-0.25, -0.2) is 9.37 Å². The molecule has 0 bridgehead atoms. The number of halogens is 2. The zero-order valence-electron chi connectivity index (χ0n) is 26.7. The van der Waals surface area contributed by atoms with Gasteiger partial charge in [-0.3, -0.25) is 0 Å². The van der Waals surface area contributed by atoms with Crippen LogP contribution in [0.1, 0.15) is 70.4 Å². The maximum Gasteiger partial charge on any atom is 0.215 e. The molecule has 1 aromatic carbocycles. The number of imidazole rings is 1. The van der Waals surface area contributed by atoms with Crippen LogP contribution in [-0.2, 0) is 38.1 Å². The first-order chi connectivity index (χ1) is 20.8. The van der Waals surface area contributed by atoms with Crippen molar-refractivity contribution in [3.63, 3.8) is 0 Å². The lowest BCUT2D eigenvalue weighted by molar-refractivity contribution is -0.175. The van der Waals surface area contributed by atoms with Crippen LogP contribution in [-0.4, -0.2) is 51.9 Å². The number of rotatable bonds is 16. The van der Waals surface area contributed by atoms with Crippen molar-refractivity contribution < 1.29 is 27.7 Å². The van der Waals surface area contributed by atoms with Gasteiger partial charge >= 0.3 is 0 Å². The SMILES string of the molecule is CC(C)(C)[S+]([O-])N[C@@H](CCCCCC1(c2ccon2)OCCO1)c1nc(Cl)c(-c2ccc(F)cc2)n1COCC[Si](C)(C)C. The fraction of sp³-hybridized carbons (Fsp3) is 0.613. The van der Waals surface area contributed by atoms with Crippen LogP contribution >= 0.6 is 11.6 Å². The Labute approximate surface area is 269 Å². The minimum atomic E-state index is -1.37. The number of hydrogen-bond acceptors (Lipinski definition) is 8. The molecule has 3 aromatic rings. The Bertz CT molecular complexity index is 1310. The number of aromatic nitrogens is 3. The summed E-state index contributed by atoms with van der Waals surface area (Å²) >= 11 is 5.42. The van der Waals surface area contributed by atoms with Gasteiger partial charge in [0.25, 0.3) is 0 Å². The second-order valence-corrected chi connectivity index (χ2v) is 21.4. The molecular formula is C31H46ClFN4O5SSi. The quantitative estimate of drug-likeness (QED) is 0.0946. The largest absolute Gasteiger partial charge is 0.598 e. The molecule has 0 saturated carbocycles. The van der Waals surface area contributed by atoms with Crippen LogP contribution in [0.15, 0.2) is 41.1 Å². The van der Waals surface area contributed by atoms with E-state index in [1.807, 2.05) is 25.3 Å². The minimum Gasteiger partial charge on any atom is -0.598 e. The molecule has 1 saturated heterocycles. The molecule has 0 spiro atoms. The highest BCUT2D eigenvalue weighted by Gasteiger charge is 2.40. The van der Waals surface area contributed by atoms with Gasteiger partial charge in [-0.2, -0.15) is 0 Å². The van der Waals surface area contributed by atoms with E-state index < -0.39 is 30.0 Å². The zero-order valence-corrected chi connectivity index (χ0v) is 29.2. The Kier molecular flexibility index (Phi) is 12.1. The predicted octanol–water partition coefficient (Wildman–Crippen LogP) is 7.59. The lowest BCUT2D eigenvalue weighted by atomic mass is 10.0. The molecule has 0 radical (unpaired) electrons. The standard InChI is InChI=1S/C31H46ClFN4O5SSi/c1-30(2,3)43(38)36-25(10-8-7-9-16-31(40-18-19-41-31)26-15-17-42-35-26)29-34-28(32)27(23-11-13-24(33)14-12-23)37(29)22-39-20-21-44(4,5)6/h11-15,17,25,36H,7-10,16,18-22H2,1-6H3/t25-,43?/m0/s1. The molecule has 3 heterocycles. The molecule has 1 fully saturated rings. The third kappa shape index (κ3) is 9.38. The molecule has 2 aromatic heterocycles. The van der Waals surface area contributed by atoms with Crippen LogP contribution in [0.25, 0.3) is 11.3 Å². The van der Waals surface area contributed by atoms with Gasteiger partial charge in [-0.15, -0.1) is 4.72 Å². The fourth-order valence-corrected chi connectivity index (χ4v) is 6.86. The van der Waals surface area contributed by atoms with Gasteiger partial charge in [0.05, 0.1) is 18.9 Å². The highest BCUT2D eigenvalue weighted by atomic mass is 35.5. The van der Waals surface area contributed by atoms with E-state index in [9.17, 15) is 8.94 Å². The lowest BCUT2D eigenvalue weighted by Gasteiger charge is -2.28. The summed E-state index contributed by atoms with van der Waals surface area (Å²) < 4.78 is 55.1. The van der Waals surface area contributed by atoms with Crippen LogP contribution in [0, 0.1) is 5.82 Å². The van der Waals surface area contributed by atoms with Gasteiger partial charge in [0.15, 0.2) is 5.15 Å². The Morgan fingerprint density at radius 2 is 1.84 bits per heavy atom. The van der Waals surface area contributed by atoms with E-state index >= 15 is 0 Å². The number of hydrogen-bond donors (Lipinski definition) is 1. The molecule has 4 rings (SSSR count). The number of nitrogens with zero attached hydrogens (tertiary/aromatic N) is 3. The Morgan fingerprint density at radius 3 is 2.45 bits per heavy atom. The highest BCUT2D eigenvalue weighted by Crippen LogP contribution is 2.37. The van der Waals surface area contributed by atoms with E-state index in [4.69, 9.17) is 35.3 Å². The van der Waals surface area contributed by atoms with Crippen LogP contribution in [0.2, 0.25) is 30.8 Å². The molecule has 1 aliphatic heterocycles. The van der Waals surface area contributed by atoms with Gasteiger partial charge in [0.1, 0.15) is 41.1 Å². The molecule has 44 heavy (non-hydrogen) atoms. The predicted molar refractivity (Wildman–Crippen MR) is 174 cm³/mol. The van der Waals surface area contributed by atoms with Crippen LogP contribution < -0.4 is 4.72 Å². The summed E-state index contributed by atoms with van der Waals surface area (Å²) in [5.74, 6) is -0.567. The molecule has 1 unspecified atom stereocenters. The van der Waals surface area contributed by atoms with Crippen molar-refractivity contribution in [3.8, 4) is 11.3 Å². The van der Waals surface area contributed by atoms with Gasteiger partial charge in [-0.05, 0) is 63.9 Å². The number of ether oxygens (including phenoxy) is 3. The topological polar surface area (TPSA) is 107 Å². The fourth-order valence-electron chi connectivity index (χ4n) is 4.97. The molecule has 1 N–H and O–H groups in total. The summed E-state index contributed by atoms with van der Waals surface area (Å²) in [6, 6.07) is 8.61. The summed E-state index contributed by atoms with van der Waals surface area (Å²) in [5, 5.41) is 4.35. The van der Waals surface area contributed by atoms with Crippen molar-refractivity contribution in [1.82, 2.24) is 19.4 Å². The Hall–Kier alpha value is -1.77. The smallest absolute Gasteiger partial charge is 0.215 e. The van der Waals surface area contributed by atoms with E-state index in [1.54, 1.807) is 18.2 Å². The highest BCUT2D eigenvalue weighted by molar-refractivity contribution is 7.90. The lowest BCUT2D eigenvalue weighted by Crippen LogP contribution is -2.42. The van der Waals surface area contributed by atoms with Gasteiger partial charge in [0, 0.05) is 44.1 Å². The van der Waals surface area contributed by atoms with Gasteiger partial charge < -0.3 is 27.9 Å². The van der Waals surface area contributed by atoms with E-state index in [-0.39, 0.29) is 18.6 Å². The number of benzene rings is 1. The first-order valence-electron chi connectivity index (χ1n) is 15.3. The van der Waals surface area contributed by atoms with Crippen molar-refractivity contribution in [2.24, 2.45) is 0 Å². The first-order valence-corrected chi connectivity index (χ1v) is 20.5. The maximum atomic E-state index is 13.8. The van der Waals surface area contributed by atoms with Crippen LogP contribution in [0.5, 0.6) is 0 Å². The molecule has 0 aliphatic carbocycles. The molecule has 244 valence electrons. The maximum absolute atomic E-state index is 13.8. The van der Waals surface area contributed by atoms with E-state index in [2.05, 4.69) is 29.5 Å². The molecule has 9 nitrogen and oxygen atoms in total. The second-order valence-electron chi connectivity index (χ2n) is 13.4. The molecule has 1 aliphatic rings. The molecule has 0 amide bonds. The van der Waals surface area contributed by atoms with Crippen molar-refractivity contribution in [2.75, 3.05) is 19.8 Å². The zero-order chi connectivity index (χ0) is 32.0. The van der Waals surface area contributed by atoms with Crippen molar-refractivity contribution in [2.45, 2.75) is 102 Å². The average molecular weight is 669 g/mol.